The maximum Gasteiger partial charge on any atom is 0.435 e. The Kier molecular flexibility index (Phi) is 2.88. The second-order valence-electron chi connectivity index (χ2n) is 2.20. The fourth-order valence-corrected chi connectivity index (χ4v) is 0.923. The zero-order valence-corrected chi connectivity index (χ0v) is 7.23. The molecule has 0 aromatic carbocycles. The Labute approximate surface area is 81.2 Å². The number of isocyanates is 1. The largest absolute Gasteiger partial charge is 0.435 e. The van der Waals surface area contributed by atoms with Gasteiger partial charge in [0.1, 0.15) is 10.8 Å². The lowest BCUT2D eigenvalue weighted by atomic mass is 10.3. The summed E-state index contributed by atoms with van der Waals surface area (Å²) >= 11 is 5.27. The van der Waals surface area contributed by atoms with Crippen LogP contribution in [-0.4, -0.2) is 11.1 Å². The quantitative estimate of drug-likeness (QED) is 0.417. The first-order valence-corrected chi connectivity index (χ1v) is 3.64. The summed E-state index contributed by atoms with van der Waals surface area (Å²) in [6.45, 7) is 0. The predicted molar refractivity (Wildman–Crippen MR) is 42.0 cm³/mol. The molecule has 0 aliphatic rings. The van der Waals surface area contributed by atoms with Gasteiger partial charge in [-0.15, -0.1) is 0 Å². The third kappa shape index (κ3) is 2.31. The van der Waals surface area contributed by atoms with Gasteiger partial charge in [0, 0.05) is 0 Å². The van der Waals surface area contributed by atoms with E-state index in [4.69, 9.17) is 11.6 Å². The molecule has 14 heavy (non-hydrogen) atoms. The average molecular weight is 223 g/mol. The highest BCUT2D eigenvalue weighted by molar-refractivity contribution is 6.29. The second-order valence-corrected chi connectivity index (χ2v) is 2.59. The number of aromatic nitrogens is 1. The van der Waals surface area contributed by atoms with Gasteiger partial charge in [-0.2, -0.15) is 18.2 Å². The highest BCUT2D eigenvalue weighted by Crippen LogP contribution is 2.35. The molecular formula is C7H2ClF3N2O. The van der Waals surface area contributed by atoms with E-state index in [0.29, 0.717) is 0 Å². The predicted octanol–water partition coefficient (Wildman–Crippen LogP) is 2.72. The molecule has 0 aliphatic carbocycles. The smallest absolute Gasteiger partial charge is 0.229 e. The van der Waals surface area contributed by atoms with Gasteiger partial charge in [-0.05, 0) is 12.1 Å². The summed E-state index contributed by atoms with van der Waals surface area (Å²) in [5.74, 6) is 0. The minimum atomic E-state index is -4.69. The maximum absolute atomic E-state index is 12.2. The minimum absolute atomic E-state index is 0.317. The Balaban J connectivity index is 3.37. The first-order valence-electron chi connectivity index (χ1n) is 3.27. The molecule has 74 valence electrons. The van der Waals surface area contributed by atoms with Crippen molar-refractivity contribution in [2.24, 2.45) is 4.99 Å². The van der Waals surface area contributed by atoms with Crippen molar-refractivity contribution in [2.45, 2.75) is 6.18 Å². The number of rotatable bonds is 1. The molecule has 1 rings (SSSR count). The van der Waals surface area contributed by atoms with E-state index < -0.39 is 17.6 Å². The minimum Gasteiger partial charge on any atom is -0.229 e. The lowest BCUT2D eigenvalue weighted by molar-refractivity contribution is -0.140. The van der Waals surface area contributed by atoms with Gasteiger partial charge >= 0.3 is 6.18 Å². The number of nitrogens with zero attached hydrogens (tertiary/aromatic N) is 2. The van der Waals surface area contributed by atoms with E-state index in [1.165, 1.54) is 0 Å². The Bertz CT molecular complexity index is 398. The molecule has 0 fully saturated rings. The SMILES string of the molecule is O=C=Nc1ccc(Cl)nc1C(F)(F)F. The normalized spacial score (nSPS) is 10.9. The Morgan fingerprint density at radius 1 is 1.43 bits per heavy atom. The lowest BCUT2D eigenvalue weighted by Gasteiger charge is -2.07. The molecule has 0 amide bonds. The number of hydrogen-bond donors (Lipinski definition) is 0. The van der Waals surface area contributed by atoms with E-state index in [1.807, 2.05) is 0 Å². The van der Waals surface area contributed by atoms with Gasteiger partial charge in [0.25, 0.3) is 0 Å². The van der Waals surface area contributed by atoms with Crippen molar-refractivity contribution in [3.8, 4) is 0 Å². The summed E-state index contributed by atoms with van der Waals surface area (Å²) in [6, 6.07) is 2.05. The van der Waals surface area contributed by atoms with E-state index >= 15 is 0 Å². The molecule has 0 radical (unpaired) electrons. The van der Waals surface area contributed by atoms with Crippen molar-refractivity contribution in [2.75, 3.05) is 0 Å². The zero-order valence-electron chi connectivity index (χ0n) is 6.47. The van der Waals surface area contributed by atoms with Gasteiger partial charge in [0.05, 0.1) is 0 Å². The molecule has 7 heteroatoms. The summed E-state index contributed by atoms with van der Waals surface area (Å²) in [4.78, 5) is 15.7. The molecular weight excluding hydrogens is 221 g/mol. The first kappa shape index (κ1) is 10.7. The number of hydrogen-bond acceptors (Lipinski definition) is 3. The van der Waals surface area contributed by atoms with Gasteiger partial charge in [0.15, 0.2) is 5.69 Å². The van der Waals surface area contributed by atoms with Crippen LogP contribution in [0.3, 0.4) is 0 Å². The molecule has 0 saturated heterocycles. The van der Waals surface area contributed by atoms with Crippen LogP contribution in [-0.2, 0) is 11.0 Å². The summed E-state index contributed by atoms with van der Waals surface area (Å²) in [5, 5.41) is -0.317. The first-order chi connectivity index (χ1) is 6.45. The molecule has 1 heterocycles. The van der Waals surface area contributed by atoms with Crippen LogP contribution in [0.4, 0.5) is 18.9 Å². The Morgan fingerprint density at radius 2 is 2.07 bits per heavy atom. The van der Waals surface area contributed by atoms with E-state index in [0.717, 1.165) is 18.2 Å². The number of carbonyl (C=O) groups excluding carboxylic acids is 1. The number of alkyl halides is 3. The molecule has 0 saturated carbocycles. The molecule has 0 unspecified atom stereocenters. The maximum atomic E-state index is 12.2. The fourth-order valence-electron chi connectivity index (χ4n) is 0.776. The van der Waals surface area contributed by atoms with Crippen LogP contribution in [0.2, 0.25) is 5.15 Å². The van der Waals surface area contributed by atoms with Crippen LogP contribution < -0.4 is 0 Å². The number of aliphatic imine (C=N–C) groups is 1. The van der Waals surface area contributed by atoms with Gasteiger partial charge < -0.3 is 0 Å². The highest BCUT2D eigenvalue weighted by atomic mass is 35.5. The Morgan fingerprint density at radius 3 is 2.57 bits per heavy atom. The molecule has 0 atom stereocenters. The van der Waals surface area contributed by atoms with Crippen LogP contribution in [0.5, 0.6) is 0 Å². The van der Waals surface area contributed by atoms with E-state index in [9.17, 15) is 18.0 Å². The third-order valence-corrected chi connectivity index (χ3v) is 1.49. The van der Waals surface area contributed by atoms with Crippen molar-refractivity contribution in [3.05, 3.63) is 23.0 Å². The molecule has 1 aromatic heterocycles. The molecule has 0 spiro atoms. The number of halogens is 4. The van der Waals surface area contributed by atoms with Crippen molar-refractivity contribution < 1.29 is 18.0 Å². The molecule has 0 bridgehead atoms. The molecule has 0 N–H and O–H groups in total. The van der Waals surface area contributed by atoms with Crippen LogP contribution in [0.15, 0.2) is 17.1 Å². The van der Waals surface area contributed by atoms with Crippen LogP contribution >= 0.6 is 11.6 Å². The summed E-state index contributed by atoms with van der Waals surface area (Å²) < 4.78 is 36.7. The molecule has 1 aromatic rings. The lowest BCUT2D eigenvalue weighted by Crippen LogP contribution is -2.08. The van der Waals surface area contributed by atoms with E-state index in [-0.39, 0.29) is 5.15 Å². The second kappa shape index (κ2) is 3.77. The average Bonchev–Trinajstić information content (AvgIpc) is 2.07. The summed E-state index contributed by atoms with van der Waals surface area (Å²) in [6.07, 6.45) is -3.69. The monoisotopic (exact) mass is 222 g/mol. The Hall–Kier alpha value is -1.39. The highest BCUT2D eigenvalue weighted by Gasteiger charge is 2.35. The topological polar surface area (TPSA) is 42.3 Å². The number of pyridine rings is 1. The molecule has 3 nitrogen and oxygen atoms in total. The van der Waals surface area contributed by atoms with Gasteiger partial charge in [-0.3, -0.25) is 0 Å². The van der Waals surface area contributed by atoms with Crippen LogP contribution in [0.1, 0.15) is 5.69 Å². The third-order valence-electron chi connectivity index (χ3n) is 1.27. The van der Waals surface area contributed by atoms with E-state index in [1.54, 1.807) is 0 Å². The van der Waals surface area contributed by atoms with Gasteiger partial charge in [0.2, 0.25) is 6.08 Å². The standard InChI is InChI=1S/C7H2ClF3N2O/c8-5-2-1-4(12-3-14)6(13-5)7(9,10)11/h1-2H. The van der Waals surface area contributed by atoms with Crippen molar-refractivity contribution in [3.63, 3.8) is 0 Å². The zero-order chi connectivity index (χ0) is 10.8. The summed E-state index contributed by atoms with van der Waals surface area (Å²) in [5.41, 5.74) is -1.90. The molecule has 0 aliphatic heterocycles. The van der Waals surface area contributed by atoms with Crippen molar-refractivity contribution >= 4 is 23.4 Å². The van der Waals surface area contributed by atoms with Gasteiger partial charge in [-0.1, -0.05) is 11.6 Å². The van der Waals surface area contributed by atoms with Crippen LogP contribution in [0, 0.1) is 0 Å². The van der Waals surface area contributed by atoms with Gasteiger partial charge in [-0.25, -0.2) is 9.78 Å². The van der Waals surface area contributed by atoms with Crippen molar-refractivity contribution in [1.82, 2.24) is 4.98 Å². The summed E-state index contributed by atoms with van der Waals surface area (Å²) in [7, 11) is 0. The fraction of sp³-hybridized carbons (Fsp3) is 0.143. The van der Waals surface area contributed by atoms with Crippen molar-refractivity contribution in [1.29, 1.82) is 0 Å². The van der Waals surface area contributed by atoms with Crippen LogP contribution in [0.25, 0.3) is 0 Å². The van der Waals surface area contributed by atoms with E-state index in [2.05, 4.69) is 9.98 Å².